The lowest BCUT2D eigenvalue weighted by Gasteiger charge is -2.09. The molecule has 0 aliphatic rings. The summed E-state index contributed by atoms with van der Waals surface area (Å²) in [5.74, 6) is 0.544. The van der Waals surface area contributed by atoms with Gasteiger partial charge in [0.2, 0.25) is 0 Å². The zero-order chi connectivity index (χ0) is 13.7. The van der Waals surface area contributed by atoms with E-state index in [9.17, 15) is 4.79 Å². The maximum Gasteiger partial charge on any atom is 0.257 e. The van der Waals surface area contributed by atoms with Crippen molar-refractivity contribution in [2.75, 3.05) is 0 Å². The molecule has 0 aliphatic carbocycles. The monoisotopic (exact) mass is 274 g/mol. The lowest BCUT2D eigenvalue weighted by atomic mass is 10.1. The molecule has 1 aromatic heterocycles. The van der Waals surface area contributed by atoms with Gasteiger partial charge >= 0.3 is 0 Å². The summed E-state index contributed by atoms with van der Waals surface area (Å²) in [5, 5.41) is 5.83. The second-order valence-electron chi connectivity index (χ2n) is 4.03. The van der Waals surface area contributed by atoms with Gasteiger partial charge in [-0.1, -0.05) is 18.2 Å². The summed E-state index contributed by atoms with van der Waals surface area (Å²) in [7, 11) is 0. The van der Waals surface area contributed by atoms with Crippen LogP contribution in [0, 0.1) is 6.92 Å². The quantitative estimate of drug-likeness (QED) is 0.844. The van der Waals surface area contributed by atoms with Crippen LogP contribution in [0.2, 0.25) is 0 Å². The van der Waals surface area contributed by atoms with E-state index < -0.39 is 0 Å². The average Bonchev–Trinajstić information content (AvgIpc) is 2.90. The Bertz CT molecular complexity index is 579. The van der Waals surface area contributed by atoms with Crippen LogP contribution in [0.3, 0.4) is 0 Å². The lowest BCUT2D eigenvalue weighted by molar-refractivity contribution is 0.0976. The molecule has 0 unspecified atom stereocenters. The Kier molecular flexibility index (Phi) is 4.30. The minimum Gasteiger partial charge on any atom is -0.467 e. The summed E-state index contributed by atoms with van der Waals surface area (Å²) in [4.78, 5) is 12.0. The Morgan fingerprint density at radius 3 is 2.74 bits per heavy atom. The van der Waals surface area contributed by atoms with Gasteiger partial charge in [0.05, 0.1) is 12.8 Å². The molecule has 0 radical (unpaired) electrons. The summed E-state index contributed by atoms with van der Waals surface area (Å²) in [5.41, 5.74) is 1.53. The van der Waals surface area contributed by atoms with Crippen LogP contribution in [0.1, 0.15) is 21.7 Å². The fourth-order valence-electron chi connectivity index (χ4n) is 1.62. The number of carbonyl (C=O) groups excluding carboxylic acids is 1. The van der Waals surface area contributed by atoms with Crippen molar-refractivity contribution in [2.24, 2.45) is 0 Å². The largest absolute Gasteiger partial charge is 0.467 e. The molecule has 0 saturated heterocycles. The second-order valence-corrected chi connectivity index (χ2v) is 4.44. The minimum atomic E-state index is -0.213. The van der Waals surface area contributed by atoms with Crippen LogP contribution in [0.5, 0.6) is 0 Å². The van der Waals surface area contributed by atoms with E-state index in [2.05, 4.69) is 10.6 Å². The molecule has 5 heteroatoms. The van der Waals surface area contributed by atoms with Gasteiger partial charge < -0.3 is 9.73 Å². The van der Waals surface area contributed by atoms with Gasteiger partial charge in [0.15, 0.2) is 5.11 Å². The van der Waals surface area contributed by atoms with E-state index >= 15 is 0 Å². The highest BCUT2D eigenvalue weighted by atomic mass is 32.1. The summed E-state index contributed by atoms with van der Waals surface area (Å²) in [6.07, 6.45) is 1.59. The van der Waals surface area contributed by atoms with Crippen LogP contribution < -0.4 is 10.6 Å². The molecule has 2 N–H and O–H groups in total. The van der Waals surface area contributed by atoms with E-state index in [0.717, 1.165) is 11.3 Å². The maximum atomic E-state index is 12.0. The highest BCUT2D eigenvalue weighted by Crippen LogP contribution is 2.06. The Labute approximate surface area is 116 Å². The van der Waals surface area contributed by atoms with Crippen molar-refractivity contribution in [3.8, 4) is 0 Å². The number of hydrogen-bond acceptors (Lipinski definition) is 3. The topological polar surface area (TPSA) is 54.3 Å². The zero-order valence-electron chi connectivity index (χ0n) is 10.5. The van der Waals surface area contributed by atoms with Crippen LogP contribution in [0.25, 0.3) is 0 Å². The Morgan fingerprint density at radius 2 is 2.05 bits per heavy atom. The summed E-state index contributed by atoms with van der Waals surface area (Å²) >= 11 is 5.06. The molecule has 0 saturated carbocycles. The molecule has 2 rings (SSSR count). The Balaban J connectivity index is 1.89. The van der Waals surface area contributed by atoms with Crippen molar-refractivity contribution >= 4 is 23.2 Å². The van der Waals surface area contributed by atoms with Crippen molar-refractivity contribution in [2.45, 2.75) is 13.5 Å². The van der Waals surface area contributed by atoms with E-state index in [1.807, 2.05) is 31.2 Å². The Hall–Kier alpha value is -2.14. The molecule has 1 heterocycles. The first-order valence-electron chi connectivity index (χ1n) is 5.84. The summed E-state index contributed by atoms with van der Waals surface area (Å²) < 4.78 is 5.16. The van der Waals surface area contributed by atoms with E-state index in [0.29, 0.717) is 12.1 Å². The summed E-state index contributed by atoms with van der Waals surface area (Å²) in [6.45, 7) is 2.33. The normalized spacial score (nSPS) is 9.95. The van der Waals surface area contributed by atoms with Gasteiger partial charge in [-0.25, -0.2) is 0 Å². The highest BCUT2D eigenvalue weighted by molar-refractivity contribution is 7.80. The van der Waals surface area contributed by atoms with Gasteiger partial charge in [-0.15, -0.1) is 0 Å². The SMILES string of the molecule is Cc1ccccc1C(=O)NC(=S)NCc1ccco1. The fourth-order valence-corrected chi connectivity index (χ4v) is 1.79. The first-order chi connectivity index (χ1) is 9.16. The molecule has 0 atom stereocenters. The molecule has 0 bridgehead atoms. The van der Waals surface area contributed by atoms with E-state index in [1.54, 1.807) is 18.4 Å². The molecular weight excluding hydrogens is 260 g/mol. The van der Waals surface area contributed by atoms with Gasteiger partial charge in [0.1, 0.15) is 5.76 Å². The van der Waals surface area contributed by atoms with Crippen LogP contribution in [0.4, 0.5) is 0 Å². The van der Waals surface area contributed by atoms with Gasteiger partial charge in [-0.05, 0) is 42.9 Å². The van der Waals surface area contributed by atoms with E-state index in [-0.39, 0.29) is 11.0 Å². The molecule has 19 heavy (non-hydrogen) atoms. The van der Waals surface area contributed by atoms with Crippen LogP contribution >= 0.6 is 12.2 Å². The molecule has 0 spiro atoms. The van der Waals surface area contributed by atoms with Crippen molar-refractivity contribution in [1.29, 1.82) is 0 Å². The molecule has 98 valence electrons. The molecule has 2 aromatic rings. The van der Waals surface area contributed by atoms with Crippen molar-refractivity contribution in [1.82, 2.24) is 10.6 Å². The minimum absolute atomic E-state index is 0.213. The smallest absolute Gasteiger partial charge is 0.257 e. The summed E-state index contributed by atoms with van der Waals surface area (Å²) in [6, 6.07) is 11.0. The second kappa shape index (κ2) is 6.15. The molecular formula is C14H14N2O2S. The predicted octanol–water partition coefficient (Wildman–Crippen LogP) is 2.39. The van der Waals surface area contributed by atoms with Gasteiger partial charge in [-0.2, -0.15) is 0 Å². The van der Waals surface area contributed by atoms with Crippen molar-refractivity contribution in [3.05, 3.63) is 59.5 Å². The predicted molar refractivity (Wildman–Crippen MR) is 76.8 cm³/mol. The number of amides is 1. The van der Waals surface area contributed by atoms with Crippen LogP contribution in [-0.2, 0) is 6.54 Å². The van der Waals surface area contributed by atoms with Gasteiger partial charge in [0, 0.05) is 5.56 Å². The average molecular weight is 274 g/mol. The third-order valence-corrected chi connectivity index (χ3v) is 2.87. The first-order valence-corrected chi connectivity index (χ1v) is 6.25. The number of carbonyl (C=O) groups is 1. The van der Waals surface area contributed by atoms with E-state index in [1.165, 1.54) is 0 Å². The number of benzene rings is 1. The fraction of sp³-hybridized carbons (Fsp3) is 0.143. The number of nitrogens with one attached hydrogen (secondary N) is 2. The highest BCUT2D eigenvalue weighted by Gasteiger charge is 2.09. The Morgan fingerprint density at radius 1 is 1.26 bits per heavy atom. The van der Waals surface area contributed by atoms with Crippen molar-refractivity contribution < 1.29 is 9.21 Å². The van der Waals surface area contributed by atoms with Gasteiger partial charge in [-0.3, -0.25) is 10.1 Å². The standard InChI is InChI=1S/C14H14N2O2S/c1-10-5-2-3-7-12(10)13(17)16-14(19)15-9-11-6-4-8-18-11/h2-8H,9H2,1H3,(H2,15,16,17,19). The molecule has 4 nitrogen and oxygen atoms in total. The maximum absolute atomic E-state index is 12.0. The van der Waals surface area contributed by atoms with Crippen LogP contribution in [0.15, 0.2) is 47.1 Å². The van der Waals surface area contributed by atoms with Crippen molar-refractivity contribution in [3.63, 3.8) is 0 Å². The zero-order valence-corrected chi connectivity index (χ0v) is 11.3. The number of aryl methyl sites for hydroxylation is 1. The van der Waals surface area contributed by atoms with Gasteiger partial charge in [0.25, 0.3) is 5.91 Å². The van der Waals surface area contributed by atoms with E-state index in [4.69, 9.17) is 16.6 Å². The number of furan rings is 1. The molecule has 1 aromatic carbocycles. The number of thiocarbonyl (C=S) groups is 1. The molecule has 0 aliphatic heterocycles. The third-order valence-electron chi connectivity index (χ3n) is 2.62. The third kappa shape index (κ3) is 3.66. The number of rotatable bonds is 3. The number of hydrogen-bond donors (Lipinski definition) is 2. The first kappa shape index (κ1) is 13.3. The molecule has 0 fully saturated rings. The van der Waals surface area contributed by atoms with Crippen LogP contribution in [-0.4, -0.2) is 11.0 Å². The lowest BCUT2D eigenvalue weighted by Crippen LogP contribution is -2.39. The molecule has 1 amide bonds.